The summed E-state index contributed by atoms with van der Waals surface area (Å²) < 4.78 is 0.126. The van der Waals surface area contributed by atoms with Gasteiger partial charge < -0.3 is 16.0 Å². The molecule has 0 radical (unpaired) electrons. The van der Waals surface area contributed by atoms with Crippen LogP contribution in [0, 0.1) is 0 Å². The Kier molecular flexibility index (Phi) is 9.44. The maximum atomic E-state index is 12.0. The van der Waals surface area contributed by atoms with Gasteiger partial charge in [0.25, 0.3) is 0 Å². The van der Waals surface area contributed by atoms with Crippen LogP contribution in [-0.4, -0.2) is 48.5 Å². The molecule has 0 aliphatic heterocycles. The zero-order valence-electron chi connectivity index (χ0n) is 15.2. The molecule has 1 saturated carbocycles. The Morgan fingerprint density at radius 2 is 1.91 bits per heavy atom. The number of carbonyl (C=O) groups excluding carboxylic acids is 1. The van der Waals surface area contributed by atoms with Gasteiger partial charge in [0.05, 0.1) is 6.54 Å². The number of thioether (sulfide) groups is 1. The van der Waals surface area contributed by atoms with Crippen LogP contribution in [-0.2, 0) is 4.79 Å². The number of carbonyl (C=O) groups is 1. The average Bonchev–Trinajstić information content (AvgIpc) is 2.53. The van der Waals surface area contributed by atoms with E-state index in [0.717, 1.165) is 31.9 Å². The molecule has 5 nitrogen and oxygen atoms in total. The molecular formula is C17H34N4OS. The van der Waals surface area contributed by atoms with Crippen molar-refractivity contribution in [3.05, 3.63) is 0 Å². The summed E-state index contributed by atoms with van der Waals surface area (Å²) in [5.41, 5.74) is 0. The Labute approximate surface area is 145 Å². The van der Waals surface area contributed by atoms with Crippen LogP contribution in [0.3, 0.4) is 0 Å². The summed E-state index contributed by atoms with van der Waals surface area (Å²) in [6, 6.07) is 0.389. The SMILES string of the molecule is CCNC(=NCC(C)(C)SC)NCCC(=O)NC1CCCCC1. The van der Waals surface area contributed by atoms with E-state index in [1.807, 2.05) is 18.7 Å². The third kappa shape index (κ3) is 9.08. The van der Waals surface area contributed by atoms with Crippen molar-refractivity contribution in [3.63, 3.8) is 0 Å². The first-order chi connectivity index (χ1) is 11.0. The van der Waals surface area contributed by atoms with E-state index in [2.05, 4.69) is 41.0 Å². The molecule has 0 aromatic carbocycles. The predicted octanol–water partition coefficient (Wildman–Crippen LogP) is 2.52. The Morgan fingerprint density at radius 1 is 1.22 bits per heavy atom. The molecule has 0 aromatic heterocycles. The summed E-state index contributed by atoms with van der Waals surface area (Å²) >= 11 is 1.81. The van der Waals surface area contributed by atoms with Gasteiger partial charge in [-0.05, 0) is 39.9 Å². The number of guanidine groups is 1. The summed E-state index contributed by atoms with van der Waals surface area (Å²) in [6.07, 6.45) is 8.65. The van der Waals surface area contributed by atoms with E-state index in [-0.39, 0.29) is 10.7 Å². The van der Waals surface area contributed by atoms with Crippen LogP contribution in [0.2, 0.25) is 0 Å². The summed E-state index contributed by atoms with van der Waals surface area (Å²) in [7, 11) is 0. The zero-order chi connectivity index (χ0) is 17.1. The molecule has 6 heteroatoms. The van der Waals surface area contributed by atoms with Crippen molar-refractivity contribution in [1.82, 2.24) is 16.0 Å². The van der Waals surface area contributed by atoms with Gasteiger partial charge in [0.2, 0.25) is 5.91 Å². The van der Waals surface area contributed by atoms with E-state index < -0.39 is 0 Å². The minimum atomic E-state index is 0.126. The molecule has 3 N–H and O–H groups in total. The summed E-state index contributed by atoms with van der Waals surface area (Å²) in [5.74, 6) is 0.935. The van der Waals surface area contributed by atoms with Gasteiger partial charge in [0.1, 0.15) is 0 Å². The molecule has 0 heterocycles. The highest BCUT2D eigenvalue weighted by atomic mass is 32.2. The molecule has 0 aromatic rings. The van der Waals surface area contributed by atoms with Crippen molar-refractivity contribution >= 4 is 23.6 Å². The highest BCUT2D eigenvalue weighted by Gasteiger charge is 2.16. The molecular weight excluding hydrogens is 308 g/mol. The molecule has 134 valence electrons. The number of nitrogens with one attached hydrogen (secondary N) is 3. The van der Waals surface area contributed by atoms with Gasteiger partial charge in [-0.3, -0.25) is 9.79 Å². The van der Waals surface area contributed by atoms with E-state index in [1.165, 1.54) is 19.3 Å². The van der Waals surface area contributed by atoms with Crippen molar-refractivity contribution in [3.8, 4) is 0 Å². The fourth-order valence-corrected chi connectivity index (χ4v) is 2.71. The van der Waals surface area contributed by atoms with Gasteiger partial charge in [-0.15, -0.1) is 0 Å². The van der Waals surface area contributed by atoms with Gasteiger partial charge in [-0.1, -0.05) is 19.3 Å². The summed E-state index contributed by atoms with van der Waals surface area (Å²) in [4.78, 5) is 16.6. The molecule has 0 atom stereocenters. The van der Waals surface area contributed by atoms with Crippen molar-refractivity contribution in [2.24, 2.45) is 4.99 Å². The minimum absolute atomic E-state index is 0.126. The molecule has 1 aliphatic carbocycles. The lowest BCUT2D eigenvalue weighted by Gasteiger charge is -2.23. The molecule has 0 saturated heterocycles. The Hall–Kier alpha value is -0.910. The topological polar surface area (TPSA) is 65.5 Å². The van der Waals surface area contributed by atoms with Crippen LogP contribution < -0.4 is 16.0 Å². The number of rotatable bonds is 8. The third-order valence-electron chi connectivity index (χ3n) is 4.13. The fraction of sp³-hybridized carbons (Fsp3) is 0.882. The smallest absolute Gasteiger partial charge is 0.221 e. The van der Waals surface area contributed by atoms with Crippen molar-refractivity contribution in [2.45, 2.75) is 70.1 Å². The van der Waals surface area contributed by atoms with Crippen molar-refractivity contribution in [1.29, 1.82) is 0 Å². The van der Waals surface area contributed by atoms with E-state index in [0.29, 0.717) is 19.0 Å². The van der Waals surface area contributed by atoms with Gasteiger partial charge >= 0.3 is 0 Å². The van der Waals surface area contributed by atoms with E-state index in [4.69, 9.17) is 0 Å². The zero-order valence-corrected chi connectivity index (χ0v) is 16.0. The second-order valence-corrected chi connectivity index (χ2v) is 8.25. The summed E-state index contributed by atoms with van der Waals surface area (Å²) in [5, 5.41) is 9.63. The summed E-state index contributed by atoms with van der Waals surface area (Å²) in [6.45, 7) is 8.60. The Bertz CT molecular complexity index is 379. The first kappa shape index (κ1) is 20.1. The predicted molar refractivity (Wildman–Crippen MR) is 101 cm³/mol. The van der Waals surface area contributed by atoms with Gasteiger partial charge in [0, 0.05) is 30.3 Å². The molecule has 23 heavy (non-hydrogen) atoms. The van der Waals surface area contributed by atoms with Gasteiger partial charge in [0.15, 0.2) is 5.96 Å². The highest BCUT2D eigenvalue weighted by Crippen LogP contribution is 2.21. The van der Waals surface area contributed by atoms with Gasteiger partial charge in [-0.2, -0.15) is 11.8 Å². The second kappa shape index (κ2) is 10.8. The second-order valence-electron chi connectivity index (χ2n) is 6.74. The molecule has 1 fully saturated rings. The van der Waals surface area contributed by atoms with Crippen LogP contribution >= 0.6 is 11.8 Å². The maximum Gasteiger partial charge on any atom is 0.221 e. The normalized spacial score (nSPS) is 17.0. The minimum Gasteiger partial charge on any atom is -0.357 e. The lowest BCUT2D eigenvalue weighted by atomic mass is 9.95. The van der Waals surface area contributed by atoms with E-state index >= 15 is 0 Å². The number of hydrogen-bond donors (Lipinski definition) is 3. The highest BCUT2D eigenvalue weighted by molar-refractivity contribution is 7.99. The lowest BCUT2D eigenvalue weighted by Crippen LogP contribution is -2.41. The maximum absolute atomic E-state index is 12.0. The number of amides is 1. The van der Waals surface area contributed by atoms with Gasteiger partial charge in [-0.25, -0.2) is 0 Å². The van der Waals surface area contributed by atoms with Crippen LogP contribution in [0.5, 0.6) is 0 Å². The Balaban J connectivity index is 2.31. The van der Waals surface area contributed by atoms with Crippen LogP contribution in [0.15, 0.2) is 4.99 Å². The quantitative estimate of drug-likeness (QED) is 0.468. The van der Waals surface area contributed by atoms with Crippen LogP contribution in [0.4, 0.5) is 0 Å². The fourth-order valence-electron chi connectivity index (χ4n) is 2.52. The number of hydrogen-bond acceptors (Lipinski definition) is 3. The van der Waals surface area contributed by atoms with Crippen molar-refractivity contribution in [2.75, 3.05) is 25.9 Å². The standard InChI is InChI=1S/C17H34N4OS/c1-5-18-16(20-13-17(2,3)23-4)19-12-11-15(22)21-14-9-7-6-8-10-14/h14H,5-13H2,1-4H3,(H,21,22)(H2,18,19,20). The van der Waals surface area contributed by atoms with E-state index in [9.17, 15) is 4.79 Å². The number of nitrogens with zero attached hydrogens (tertiary/aromatic N) is 1. The lowest BCUT2D eigenvalue weighted by molar-refractivity contribution is -0.121. The molecule has 0 spiro atoms. The van der Waals surface area contributed by atoms with Crippen molar-refractivity contribution < 1.29 is 4.79 Å². The van der Waals surface area contributed by atoms with Crippen LogP contribution in [0.1, 0.15) is 59.3 Å². The van der Waals surface area contributed by atoms with Crippen LogP contribution in [0.25, 0.3) is 0 Å². The monoisotopic (exact) mass is 342 g/mol. The molecule has 1 aliphatic rings. The first-order valence-corrected chi connectivity index (χ1v) is 10.1. The third-order valence-corrected chi connectivity index (χ3v) is 5.36. The number of aliphatic imine (C=N–C) groups is 1. The molecule has 1 amide bonds. The first-order valence-electron chi connectivity index (χ1n) is 8.83. The molecule has 1 rings (SSSR count). The largest absolute Gasteiger partial charge is 0.357 e. The Morgan fingerprint density at radius 3 is 2.52 bits per heavy atom. The van der Waals surface area contributed by atoms with E-state index in [1.54, 1.807) is 0 Å². The molecule has 0 unspecified atom stereocenters. The molecule has 0 bridgehead atoms. The average molecular weight is 343 g/mol.